The van der Waals surface area contributed by atoms with Gasteiger partial charge < -0.3 is 10.0 Å². The second-order valence-electron chi connectivity index (χ2n) is 5.62. The van der Waals surface area contributed by atoms with Crippen LogP contribution >= 0.6 is 0 Å². The standard InChI is InChI=1S/C17H17NO4S/c19-16-8-4-7-14(11-16)18(15-9-10-23(21,22)12-15)17(20)13-5-2-1-3-6-13/h1-8,11,15,19H,9-10,12H2. The molecule has 1 N–H and O–H groups in total. The summed E-state index contributed by atoms with van der Waals surface area (Å²) in [6.45, 7) is 0. The minimum Gasteiger partial charge on any atom is -0.508 e. The molecule has 0 bridgehead atoms. The number of nitrogens with zero attached hydrogens (tertiary/aromatic N) is 1. The van der Waals surface area contributed by atoms with Gasteiger partial charge in [0.2, 0.25) is 0 Å². The Hall–Kier alpha value is -2.34. The van der Waals surface area contributed by atoms with Gasteiger partial charge in [0.05, 0.1) is 17.5 Å². The molecule has 6 heteroatoms. The van der Waals surface area contributed by atoms with Crippen molar-refractivity contribution in [2.45, 2.75) is 12.5 Å². The van der Waals surface area contributed by atoms with E-state index in [2.05, 4.69) is 0 Å². The number of amides is 1. The molecule has 0 saturated carbocycles. The number of aromatic hydroxyl groups is 1. The highest BCUT2D eigenvalue weighted by atomic mass is 32.2. The fourth-order valence-electron chi connectivity index (χ4n) is 2.84. The van der Waals surface area contributed by atoms with Crippen LogP contribution in [0.1, 0.15) is 16.8 Å². The lowest BCUT2D eigenvalue weighted by atomic mass is 10.1. The molecular weight excluding hydrogens is 314 g/mol. The van der Waals surface area contributed by atoms with Crippen molar-refractivity contribution < 1.29 is 18.3 Å². The molecule has 0 spiro atoms. The number of benzene rings is 2. The van der Waals surface area contributed by atoms with E-state index >= 15 is 0 Å². The quantitative estimate of drug-likeness (QED) is 0.936. The molecule has 0 radical (unpaired) electrons. The van der Waals surface area contributed by atoms with E-state index in [0.29, 0.717) is 17.7 Å². The van der Waals surface area contributed by atoms with Gasteiger partial charge in [-0.2, -0.15) is 0 Å². The van der Waals surface area contributed by atoms with Gasteiger partial charge in [0, 0.05) is 17.3 Å². The first-order valence-corrected chi connectivity index (χ1v) is 9.16. The van der Waals surface area contributed by atoms with Crippen LogP contribution < -0.4 is 4.90 Å². The van der Waals surface area contributed by atoms with E-state index in [1.807, 2.05) is 6.07 Å². The molecule has 1 heterocycles. The molecule has 1 aliphatic rings. The molecule has 120 valence electrons. The third kappa shape index (κ3) is 3.37. The average molecular weight is 331 g/mol. The van der Waals surface area contributed by atoms with Crippen LogP contribution in [-0.4, -0.2) is 37.0 Å². The minimum absolute atomic E-state index is 0.0363. The average Bonchev–Trinajstić information content (AvgIpc) is 2.88. The van der Waals surface area contributed by atoms with Crippen molar-refractivity contribution in [2.24, 2.45) is 0 Å². The van der Waals surface area contributed by atoms with Crippen molar-refractivity contribution in [3.8, 4) is 5.75 Å². The van der Waals surface area contributed by atoms with E-state index in [1.54, 1.807) is 36.4 Å². The summed E-state index contributed by atoms with van der Waals surface area (Å²) < 4.78 is 23.6. The Morgan fingerprint density at radius 2 is 1.83 bits per heavy atom. The summed E-state index contributed by atoms with van der Waals surface area (Å²) in [5.41, 5.74) is 0.987. The third-order valence-electron chi connectivity index (χ3n) is 3.92. The van der Waals surface area contributed by atoms with E-state index in [4.69, 9.17) is 0 Å². The molecule has 0 aliphatic carbocycles. The van der Waals surface area contributed by atoms with Crippen molar-refractivity contribution in [3.63, 3.8) is 0 Å². The molecule has 3 rings (SSSR count). The number of carbonyl (C=O) groups is 1. The zero-order chi connectivity index (χ0) is 16.4. The van der Waals surface area contributed by atoms with E-state index in [0.717, 1.165) is 0 Å². The first-order valence-electron chi connectivity index (χ1n) is 7.34. The van der Waals surface area contributed by atoms with Gasteiger partial charge in [-0.1, -0.05) is 24.3 Å². The molecule has 1 saturated heterocycles. The highest BCUT2D eigenvalue weighted by Gasteiger charge is 2.36. The van der Waals surface area contributed by atoms with Crippen LogP contribution in [0.5, 0.6) is 5.75 Å². The maximum absolute atomic E-state index is 12.9. The molecule has 1 atom stereocenters. The van der Waals surface area contributed by atoms with Crippen molar-refractivity contribution in [1.82, 2.24) is 0 Å². The Bertz CT molecular complexity index is 817. The summed E-state index contributed by atoms with van der Waals surface area (Å²) in [7, 11) is -3.13. The molecule has 1 amide bonds. The summed E-state index contributed by atoms with van der Waals surface area (Å²) in [4.78, 5) is 14.4. The molecule has 2 aromatic carbocycles. The van der Waals surface area contributed by atoms with E-state index < -0.39 is 15.9 Å². The van der Waals surface area contributed by atoms with Crippen molar-refractivity contribution >= 4 is 21.4 Å². The highest BCUT2D eigenvalue weighted by Crippen LogP contribution is 2.28. The van der Waals surface area contributed by atoms with Gasteiger partial charge >= 0.3 is 0 Å². The van der Waals surface area contributed by atoms with Crippen molar-refractivity contribution in [2.75, 3.05) is 16.4 Å². The second-order valence-corrected chi connectivity index (χ2v) is 7.85. The van der Waals surface area contributed by atoms with Gasteiger partial charge in [0.25, 0.3) is 5.91 Å². The zero-order valence-corrected chi connectivity index (χ0v) is 13.2. The lowest BCUT2D eigenvalue weighted by molar-refractivity contribution is 0.0979. The number of anilines is 1. The molecule has 0 aromatic heterocycles. The fourth-order valence-corrected chi connectivity index (χ4v) is 4.54. The molecule has 1 fully saturated rings. The van der Waals surface area contributed by atoms with Gasteiger partial charge in [-0.3, -0.25) is 4.79 Å². The molecular formula is C17H17NO4S. The van der Waals surface area contributed by atoms with Crippen LogP contribution in [0.3, 0.4) is 0 Å². The number of phenolic OH excluding ortho intramolecular Hbond substituents is 1. The predicted molar refractivity (Wildman–Crippen MR) is 88.4 cm³/mol. The van der Waals surface area contributed by atoms with E-state index in [-0.39, 0.29) is 23.2 Å². The van der Waals surface area contributed by atoms with Gasteiger partial charge in [0.15, 0.2) is 9.84 Å². The lowest BCUT2D eigenvalue weighted by Gasteiger charge is -2.28. The Kier molecular flexibility index (Phi) is 4.09. The Morgan fingerprint density at radius 1 is 1.09 bits per heavy atom. The van der Waals surface area contributed by atoms with Gasteiger partial charge in [0.1, 0.15) is 5.75 Å². The topological polar surface area (TPSA) is 74.7 Å². The number of hydrogen-bond donors (Lipinski definition) is 1. The molecule has 1 unspecified atom stereocenters. The second kappa shape index (κ2) is 6.04. The summed E-state index contributed by atoms with van der Waals surface area (Å²) in [6, 6.07) is 14.6. The van der Waals surface area contributed by atoms with Gasteiger partial charge in [-0.25, -0.2) is 8.42 Å². The first-order chi connectivity index (χ1) is 11.0. The number of rotatable bonds is 3. The zero-order valence-electron chi connectivity index (χ0n) is 12.4. The van der Waals surface area contributed by atoms with E-state index in [1.165, 1.54) is 17.0 Å². The van der Waals surface area contributed by atoms with Gasteiger partial charge in [-0.05, 0) is 30.7 Å². The number of hydrogen-bond acceptors (Lipinski definition) is 4. The third-order valence-corrected chi connectivity index (χ3v) is 5.67. The summed E-state index contributed by atoms with van der Waals surface area (Å²) >= 11 is 0. The monoisotopic (exact) mass is 331 g/mol. The Morgan fingerprint density at radius 3 is 2.43 bits per heavy atom. The van der Waals surface area contributed by atoms with Crippen LogP contribution in [0.25, 0.3) is 0 Å². The Balaban J connectivity index is 2.02. The summed E-state index contributed by atoms with van der Waals surface area (Å²) in [6.07, 6.45) is 0.399. The van der Waals surface area contributed by atoms with Crippen LogP contribution in [0, 0.1) is 0 Å². The van der Waals surface area contributed by atoms with Crippen LogP contribution in [0.2, 0.25) is 0 Å². The maximum atomic E-state index is 12.9. The van der Waals surface area contributed by atoms with Crippen molar-refractivity contribution in [1.29, 1.82) is 0 Å². The molecule has 23 heavy (non-hydrogen) atoms. The van der Waals surface area contributed by atoms with E-state index in [9.17, 15) is 18.3 Å². The Labute approximate surface area is 135 Å². The first kappa shape index (κ1) is 15.6. The predicted octanol–water partition coefficient (Wildman–Crippen LogP) is 2.23. The number of phenols is 1. The SMILES string of the molecule is O=C(c1ccccc1)N(c1cccc(O)c1)C1CCS(=O)(=O)C1. The minimum atomic E-state index is -3.13. The maximum Gasteiger partial charge on any atom is 0.258 e. The highest BCUT2D eigenvalue weighted by molar-refractivity contribution is 7.91. The summed E-state index contributed by atoms with van der Waals surface area (Å²) in [5.74, 6) is -0.205. The van der Waals surface area contributed by atoms with Gasteiger partial charge in [-0.15, -0.1) is 0 Å². The molecule has 1 aliphatic heterocycles. The smallest absolute Gasteiger partial charge is 0.258 e. The van der Waals surface area contributed by atoms with Crippen LogP contribution in [0.4, 0.5) is 5.69 Å². The van der Waals surface area contributed by atoms with Crippen molar-refractivity contribution in [3.05, 3.63) is 60.2 Å². The molecule has 5 nitrogen and oxygen atoms in total. The van der Waals surface area contributed by atoms with Crippen LogP contribution in [0.15, 0.2) is 54.6 Å². The molecule has 2 aromatic rings. The summed E-state index contributed by atoms with van der Waals surface area (Å²) in [5, 5.41) is 9.70. The number of sulfone groups is 1. The number of carbonyl (C=O) groups excluding carboxylic acids is 1. The fraction of sp³-hybridized carbons (Fsp3) is 0.235. The normalized spacial score (nSPS) is 19.4. The van der Waals surface area contributed by atoms with Crippen LogP contribution in [-0.2, 0) is 9.84 Å². The lowest BCUT2D eigenvalue weighted by Crippen LogP contribution is -2.41. The largest absolute Gasteiger partial charge is 0.508 e.